The second-order valence-corrected chi connectivity index (χ2v) is 8.00. The molecule has 3 aromatic rings. The van der Waals surface area contributed by atoms with Crippen LogP contribution in [0.4, 0.5) is 4.79 Å². The van der Waals surface area contributed by atoms with Gasteiger partial charge >= 0.3 is 6.09 Å². The first-order valence-electron chi connectivity index (χ1n) is 9.38. The summed E-state index contributed by atoms with van der Waals surface area (Å²) >= 11 is 1.74. The van der Waals surface area contributed by atoms with Crippen molar-refractivity contribution in [1.82, 2.24) is 19.9 Å². The van der Waals surface area contributed by atoms with Crippen LogP contribution in [0.2, 0.25) is 0 Å². The highest BCUT2D eigenvalue weighted by Crippen LogP contribution is 2.28. The van der Waals surface area contributed by atoms with E-state index in [0.717, 1.165) is 35.7 Å². The summed E-state index contributed by atoms with van der Waals surface area (Å²) in [7, 11) is 0. The maximum absolute atomic E-state index is 12.4. The Morgan fingerprint density at radius 2 is 1.93 bits per heavy atom. The maximum atomic E-state index is 12.4. The van der Waals surface area contributed by atoms with Crippen LogP contribution in [0, 0.1) is 0 Å². The molecule has 144 valence electrons. The number of aromatic amines is 1. The molecule has 3 heterocycles. The second-order valence-electron chi connectivity index (χ2n) is 6.71. The fraction of sp³-hybridized carbons (Fsp3) is 0.286. The molecule has 0 bridgehead atoms. The molecule has 0 unspecified atom stereocenters. The number of nitrogens with one attached hydrogen (secondary N) is 1. The minimum absolute atomic E-state index is 0.279. The van der Waals surface area contributed by atoms with Gasteiger partial charge < -0.3 is 14.6 Å². The predicted molar refractivity (Wildman–Crippen MR) is 109 cm³/mol. The number of amides is 1. The van der Waals surface area contributed by atoms with Crippen LogP contribution in [-0.4, -0.2) is 44.3 Å². The average Bonchev–Trinajstić information content (AvgIpc) is 3.24. The number of nitrogens with zero attached hydrogens (tertiary/aromatic N) is 3. The Balaban J connectivity index is 1.26. The molecule has 1 aliphatic heterocycles. The standard InChI is InChI=1S/C21H22N4O2S/c26-21(25-13-8-19(9-14-25)28-20-23-11-12-24-20)27-18-6-4-16(5-7-18)15-17-3-1-2-10-22-17/h1-7,10-12,19H,8-9,13-15H2,(H,23,24). The molecule has 1 saturated heterocycles. The zero-order chi connectivity index (χ0) is 19.2. The smallest absolute Gasteiger partial charge is 0.410 e. The van der Waals surface area contributed by atoms with Crippen molar-refractivity contribution in [1.29, 1.82) is 0 Å². The zero-order valence-corrected chi connectivity index (χ0v) is 16.3. The van der Waals surface area contributed by atoms with Gasteiger partial charge in [-0.1, -0.05) is 30.0 Å². The number of hydrogen-bond acceptors (Lipinski definition) is 5. The van der Waals surface area contributed by atoms with Crippen molar-refractivity contribution < 1.29 is 9.53 Å². The van der Waals surface area contributed by atoms with Gasteiger partial charge in [0.1, 0.15) is 5.75 Å². The van der Waals surface area contributed by atoms with Crippen LogP contribution in [-0.2, 0) is 6.42 Å². The van der Waals surface area contributed by atoms with Gasteiger partial charge in [0.25, 0.3) is 0 Å². The number of ether oxygens (including phenoxy) is 1. The number of benzene rings is 1. The summed E-state index contributed by atoms with van der Waals surface area (Å²) in [5.74, 6) is 0.571. The lowest BCUT2D eigenvalue weighted by Crippen LogP contribution is -2.40. The lowest BCUT2D eigenvalue weighted by atomic mass is 10.1. The van der Waals surface area contributed by atoms with E-state index in [9.17, 15) is 4.79 Å². The van der Waals surface area contributed by atoms with Gasteiger partial charge in [0.05, 0.1) is 0 Å². The molecule has 2 aromatic heterocycles. The van der Waals surface area contributed by atoms with Crippen molar-refractivity contribution in [3.8, 4) is 5.75 Å². The number of thioether (sulfide) groups is 1. The Morgan fingerprint density at radius 3 is 2.61 bits per heavy atom. The van der Waals surface area contributed by atoms with Crippen LogP contribution in [0.25, 0.3) is 0 Å². The van der Waals surface area contributed by atoms with Gasteiger partial charge in [-0.15, -0.1) is 0 Å². The molecular formula is C21H22N4O2S. The van der Waals surface area contributed by atoms with Gasteiger partial charge in [0.15, 0.2) is 5.16 Å². The molecule has 28 heavy (non-hydrogen) atoms. The minimum atomic E-state index is -0.279. The number of likely N-dealkylation sites (tertiary alicyclic amines) is 1. The molecule has 0 atom stereocenters. The van der Waals surface area contributed by atoms with Crippen LogP contribution in [0.3, 0.4) is 0 Å². The van der Waals surface area contributed by atoms with Crippen LogP contribution in [0.5, 0.6) is 5.75 Å². The third kappa shape index (κ3) is 4.92. The Kier molecular flexibility index (Phi) is 5.92. The van der Waals surface area contributed by atoms with Crippen LogP contribution < -0.4 is 4.74 Å². The topological polar surface area (TPSA) is 71.1 Å². The highest BCUT2D eigenvalue weighted by molar-refractivity contribution is 7.99. The Hall–Kier alpha value is -2.80. The van der Waals surface area contributed by atoms with E-state index in [2.05, 4.69) is 15.0 Å². The summed E-state index contributed by atoms with van der Waals surface area (Å²) < 4.78 is 5.55. The molecule has 4 rings (SSSR count). The number of rotatable bonds is 5. The van der Waals surface area contributed by atoms with Crippen molar-refractivity contribution in [2.45, 2.75) is 29.7 Å². The number of imidazole rings is 1. The molecule has 0 aliphatic carbocycles. The molecule has 0 spiro atoms. The molecule has 1 N–H and O–H groups in total. The van der Waals surface area contributed by atoms with Crippen molar-refractivity contribution in [3.05, 3.63) is 72.3 Å². The summed E-state index contributed by atoms with van der Waals surface area (Å²) in [6.07, 6.45) is 7.73. The molecule has 1 fully saturated rings. The van der Waals surface area contributed by atoms with Gasteiger partial charge in [-0.25, -0.2) is 9.78 Å². The van der Waals surface area contributed by atoms with E-state index in [0.29, 0.717) is 24.1 Å². The van der Waals surface area contributed by atoms with Crippen molar-refractivity contribution in [2.24, 2.45) is 0 Å². The molecule has 0 saturated carbocycles. The monoisotopic (exact) mass is 394 g/mol. The van der Waals surface area contributed by atoms with Crippen molar-refractivity contribution in [3.63, 3.8) is 0 Å². The van der Waals surface area contributed by atoms with E-state index in [1.54, 1.807) is 29.1 Å². The number of piperidine rings is 1. The number of carbonyl (C=O) groups excluding carboxylic acids is 1. The highest BCUT2D eigenvalue weighted by atomic mass is 32.2. The lowest BCUT2D eigenvalue weighted by molar-refractivity contribution is 0.143. The zero-order valence-electron chi connectivity index (χ0n) is 15.5. The number of carbonyl (C=O) groups is 1. The summed E-state index contributed by atoms with van der Waals surface area (Å²) in [6, 6.07) is 13.5. The van der Waals surface area contributed by atoms with E-state index in [-0.39, 0.29) is 6.09 Å². The molecule has 0 radical (unpaired) electrons. The van der Waals surface area contributed by atoms with Crippen LogP contribution >= 0.6 is 11.8 Å². The van der Waals surface area contributed by atoms with Crippen molar-refractivity contribution >= 4 is 17.9 Å². The second kappa shape index (κ2) is 8.93. The first-order chi connectivity index (χ1) is 13.8. The van der Waals surface area contributed by atoms with Crippen molar-refractivity contribution in [2.75, 3.05) is 13.1 Å². The van der Waals surface area contributed by atoms with Gasteiger partial charge in [-0.2, -0.15) is 0 Å². The van der Waals surface area contributed by atoms with Crippen LogP contribution in [0.1, 0.15) is 24.1 Å². The van der Waals surface area contributed by atoms with E-state index in [1.807, 2.05) is 48.7 Å². The van der Waals surface area contributed by atoms with E-state index < -0.39 is 0 Å². The number of pyridine rings is 1. The predicted octanol–water partition coefficient (Wildman–Crippen LogP) is 4.15. The fourth-order valence-corrected chi connectivity index (χ4v) is 4.20. The third-order valence-corrected chi connectivity index (χ3v) is 5.94. The Morgan fingerprint density at radius 1 is 1.11 bits per heavy atom. The molecule has 6 nitrogen and oxygen atoms in total. The normalized spacial score (nSPS) is 14.8. The quantitative estimate of drug-likeness (QED) is 0.704. The van der Waals surface area contributed by atoms with E-state index >= 15 is 0 Å². The van der Waals surface area contributed by atoms with Gasteiger partial charge in [-0.3, -0.25) is 4.98 Å². The Labute approximate surface area is 168 Å². The summed E-state index contributed by atoms with van der Waals surface area (Å²) in [4.78, 5) is 25.9. The summed E-state index contributed by atoms with van der Waals surface area (Å²) in [5.41, 5.74) is 2.15. The SMILES string of the molecule is O=C(Oc1ccc(Cc2ccccn2)cc1)N1CCC(Sc2ncc[nH]2)CC1. The largest absolute Gasteiger partial charge is 0.415 e. The molecule has 1 aromatic carbocycles. The Bertz CT molecular complexity index is 877. The van der Waals surface area contributed by atoms with Gasteiger partial charge in [0, 0.05) is 49.0 Å². The van der Waals surface area contributed by atoms with Crippen LogP contribution in [0.15, 0.2) is 66.2 Å². The molecular weight excluding hydrogens is 372 g/mol. The fourth-order valence-electron chi connectivity index (χ4n) is 3.18. The first kappa shape index (κ1) is 18.6. The average molecular weight is 395 g/mol. The van der Waals surface area contributed by atoms with Gasteiger partial charge in [0.2, 0.25) is 0 Å². The molecule has 1 aliphatic rings. The third-order valence-electron chi connectivity index (χ3n) is 4.69. The molecule has 1 amide bonds. The maximum Gasteiger partial charge on any atom is 0.415 e. The van der Waals surface area contributed by atoms with E-state index in [1.165, 1.54) is 0 Å². The highest BCUT2D eigenvalue weighted by Gasteiger charge is 2.25. The summed E-state index contributed by atoms with van der Waals surface area (Å²) in [6.45, 7) is 1.41. The minimum Gasteiger partial charge on any atom is -0.410 e. The lowest BCUT2D eigenvalue weighted by Gasteiger charge is -2.30. The number of aromatic nitrogens is 3. The van der Waals surface area contributed by atoms with Gasteiger partial charge in [-0.05, 0) is 42.7 Å². The summed E-state index contributed by atoms with van der Waals surface area (Å²) in [5, 5.41) is 1.41. The first-order valence-corrected chi connectivity index (χ1v) is 10.3. The number of H-pyrrole nitrogens is 1. The molecule has 7 heteroatoms. The number of hydrogen-bond donors (Lipinski definition) is 1. The van der Waals surface area contributed by atoms with E-state index in [4.69, 9.17) is 4.74 Å².